The summed E-state index contributed by atoms with van der Waals surface area (Å²) in [5.74, 6) is 1.38. The molecular weight excluding hydrogens is 164 g/mol. The van der Waals surface area contributed by atoms with Gasteiger partial charge < -0.3 is 9.47 Å². The van der Waals surface area contributed by atoms with E-state index < -0.39 is 0 Å². The monoisotopic (exact) mass is 187 g/mol. The maximum absolute atomic E-state index is 5.36. The van der Waals surface area contributed by atoms with E-state index in [1.807, 2.05) is 6.92 Å². The minimum absolute atomic E-state index is 0.380. The number of hydrogen-bond donors (Lipinski definition) is 0. The molecule has 0 aliphatic carbocycles. The van der Waals surface area contributed by atoms with Gasteiger partial charge in [0.2, 0.25) is 0 Å². The SMILES string of the molecule is CCCC(C[C](C)COCC)OC. The minimum atomic E-state index is 0.380. The second kappa shape index (κ2) is 8.52. The Labute approximate surface area is 82.6 Å². The van der Waals surface area contributed by atoms with Crippen LogP contribution in [0, 0.1) is 5.92 Å². The zero-order valence-electron chi connectivity index (χ0n) is 9.43. The fraction of sp³-hybridized carbons (Fsp3) is 0.909. The average molecular weight is 187 g/mol. The quantitative estimate of drug-likeness (QED) is 0.581. The van der Waals surface area contributed by atoms with Crippen molar-refractivity contribution >= 4 is 0 Å². The normalized spacial score (nSPS) is 13.6. The molecular formula is C11H23O2. The maximum Gasteiger partial charge on any atom is 0.0577 e. The van der Waals surface area contributed by atoms with Crippen LogP contribution in [0.1, 0.15) is 40.0 Å². The van der Waals surface area contributed by atoms with E-state index in [4.69, 9.17) is 9.47 Å². The van der Waals surface area contributed by atoms with Crippen molar-refractivity contribution in [3.63, 3.8) is 0 Å². The maximum atomic E-state index is 5.36. The summed E-state index contributed by atoms with van der Waals surface area (Å²) in [6, 6.07) is 0. The third kappa shape index (κ3) is 7.03. The predicted molar refractivity (Wildman–Crippen MR) is 55.7 cm³/mol. The highest BCUT2D eigenvalue weighted by Crippen LogP contribution is 2.14. The first-order valence-electron chi connectivity index (χ1n) is 5.16. The van der Waals surface area contributed by atoms with Crippen LogP contribution >= 0.6 is 0 Å². The van der Waals surface area contributed by atoms with Gasteiger partial charge in [-0.15, -0.1) is 0 Å². The summed E-state index contributed by atoms with van der Waals surface area (Å²) < 4.78 is 10.7. The number of hydrogen-bond acceptors (Lipinski definition) is 2. The van der Waals surface area contributed by atoms with Gasteiger partial charge >= 0.3 is 0 Å². The summed E-state index contributed by atoms with van der Waals surface area (Å²) in [5, 5.41) is 0. The van der Waals surface area contributed by atoms with Crippen molar-refractivity contribution in [3.05, 3.63) is 5.92 Å². The zero-order chi connectivity index (χ0) is 10.1. The van der Waals surface area contributed by atoms with Gasteiger partial charge in [0.15, 0.2) is 0 Å². The van der Waals surface area contributed by atoms with Crippen LogP contribution in [0.5, 0.6) is 0 Å². The second-order valence-electron chi connectivity index (χ2n) is 3.44. The Bertz CT molecular complexity index is 104. The molecule has 0 amide bonds. The predicted octanol–water partition coefficient (Wildman–Crippen LogP) is 2.82. The molecule has 0 saturated heterocycles. The number of methoxy groups -OCH3 is 1. The molecule has 0 heterocycles. The van der Waals surface area contributed by atoms with Crippen molar-refractivity contribution in [2.45, 2.75) is 46.1 Å². The fourth-order valence-corrected chi connectivity index (χ4v) is 1.35. The molecule has 0 aliphatic heterocycles. The van der Waals surface area contributed by atoms with E-state index in [1.54, 1.807) is 7.11 Å². The minimum Gasteiger partial charge on any atom is -0.381 e. The van der Waals surface area contributed by atoms with E-state index >= 15 is 0 Å². The van der Waals surface area contributed by atoms with Gasteiger partial charge in [-0.25, -0.2) is 0 Å². The smallest absolute Gasteiger partial charge is 0.0577 e. The largest absolute Gasteiger partial charge is 0.381 e. The van der Waals surface area contributed by atoms with Gasteiger partial charge in [-0.05, 0) is 19.8 Å². The molecule has 0 aromatic carbocycles. The highest BCUT2D eigenvalue weighted by atomic mass is 16.5. The van der Waals surface area contributed by atoms with Crippen LogP contribution in [-0.2, 0) is 9.47 Å². The third-order valence-electron chi connectivity index (χ3n) is 2.07. The molecule has 13 heavy (non-hydrogen) atoms. The van der Waals surface area contributed by atoms with E-state index in [1.165, 1.54) is 12.3 Å². The van der Waals surface area contributed by atoms with Crippen molar-refractivity contribution in [2.24, 2.45) is 0 Å². The van der Waals surface area contributed by atoms with Crippen LogP contribution < -0.4 is 0 Å². The first-order chi connectivity index (χ1) is 6.24. The molecule has 0 spiro atoms. The standard InChI is InChI=1S/C11H23O2/c1-5-7-11(12-4)8-10(3)9-13-6-2/h11H,5-9H2,1-4H3. The summed E-state index contributed by atoms with van der Waals surface area (Å²) in [4.78, 5) is 0. The van der Waals surface area contributed by atoms with E-state index in [0.29, 0.717) is 6.10 Å². The van der Waals surface area contributed by atoms with E-state index in [-0.39, 0.29) is 0 Å². The van der Waals surface area contributed by atoms with E-state index in [0.717, 1.165) is 26.1 Å². The Balaban J connectivity index is 3.53. The molecule has 0 aromatic heterocycles. The number of ether oxygens (including phenoxy) is 2. The third-order valence-corrected chi connectivity index (χ3v) is 2.07. The van der Waals surface area contributed by atoms with Crippen LogP contribution in [0.2, 0.25) is 0 Å². The van der Waals surface area contributed by atoms with E-state index in [2.05, 4.69) is 13.8 Å². The molecule has 0 rings (SSSR count). The number of rotatable bonds is 8. The van der Waals surface area contributed by atoms with Crippen LogP contribution in [-0.4, -0.2) is 26.4 Å². The Morgan fingerprint density at radius 1 is 1.31 bits per heavy atom. The fourth-order valence-electron chi connectivity index (χ4n) is 1.35. The lowest BCUT2D eigenvalue weighted by molar-refractivity contribution is 0.0797. The topological polar surface area (TPSA) is 18.5 Å². The Kier molecular flexibility index (Phi) is 8.46. The van der Waals surface area contributed by atoms with Gasteiger partial charge in [-0.2, -0.15) is 0 Å². The van der Waals surface area contributed by atoms with Gasteiger partial charge in [-0.1, -0.05) is 20.3 Å². The molecule has 0 aliphatic rings. The van der Waals surface area contributed by atoms with Gasteiger partial charge in [0, 0.05) is 19.6 Å². The highest BCUT2D eigenvalue weighted by Gasteiger charge is 2.11. The van der Waals surface area contributed by atoms with Crippen molar-refractivity contribution in [1.82, 2.24) is 0 Å². The highest BCUT2D eigenvalue weighted by molar-refractivity contribution is 4.86. The van der Waals surface area contributed by atoms with Crippen molar-refractivity contribution in [2.75, 3.05) is 20.3 Å². The molecule has 0 fully saturated rings. The van der Waals surface area contributed by atoms with Gasteiger partial charge in [-0.3, -0.25) is 0 Å². The molecule has 0 aromatic rings. The second-order valence-corrected chi connectivity index (χ2v) is 3.44. The molecule has 1 unspecified atom stereocenters. The lowest BCUT2D eigenvalue weighted by Gasteiger charge is -2.18. The summed E-state index contributed by atoms with van der Waals surface area (Å²) in [6.07, 6.45) is 3.73. The van der Waals surface area contributed by atoms with Crippen LogP contribution in [0.25, 0.3) is 0 Å². The summed E-state index contributed by atoms with van der Waals surface area (Å²) >= 11 is 0. The van der Waals surface area contributed by atoms with Crippen LogP contribution in [0.15, 0.2) is 0 Å². The Morgan fingerprint density at radius 3 is 2.46 bits per heavy atom. The van der Waals surface area contributed by atoms with E-state index in [9.17, 15) is 0 Å². The molecule has 1 atom stereocenters. The first kappa shape index (κ1) is 12.9. The van der Waals surface area contributed by atoms with Crippen molar-refractivity contribution in [1.29, 1.82) is 0 Å². The summed E-state index contributed by atoms with van der Waals surface area (Å²) in [6.45, 7) is 7.91. The molecule has 0 bridgehead atoms. The van der Waals surface area contributed by atoms with Crippen molar-refractivity contribution < 1.29 is 9.47 Å². The average Bonchev–Trinajstić information content (AvgIpc) is 2.14. The van der Waals surface area contributed by atoms with Gasteiger partial charge in [0.25, 0.3) is 0 Å². The first-order valence-corrected chi connectivity index (χ1v) is 5.16. The van der Waals surface area contributed by atoms with Crippen LogP contribution in [0.4, 0.5) is 0 Å². The molecule has 2 nitrogen and oxygen atoms in total. The molecule has 2 heteroatoms. The van der Waals surface area contributed by atoms with Crippen LogP contribution in [0.3, 0.4) is 0 Å². The van der Waals surface area contributed by atoms with Gasteiger partial charge in [0.05, 0.1) is 12.7 Å². The Hall–Kier alpha value is -0.0800. The van der Waals surface area contributed by atoms with Crippen molar-refractivity contribution in [3.8, 4) is 0 Å². The lowest BCUT2D eigenvalue weighted by Crippen LogP contribution is -2.16. The zero-order valence-corrected chi connectivity index (χ0v) is 9.43. The summed E-state index contributed by atoms with van der Waals surface area (Å²) in [5.41, 5.74) is 0. The molecule has 79 valence electrons. The Morgan fingerprint density at radius 2 is 2.00 bits per heavy atom. The molecule has 0 N–H and O–H groups in total. The molecule has 0 saturated carbocycles. The summed E-state index contributed by atoms with van der Waals surface area (Å²) in [7, 11) is 1.79. The molecule has 1 radical (unpaired) electrons. The van der Waals surface area contributed by atoms with Gasteiger partial charge in [0.1, 0.15) is 0 Å². The lowest BCUT2D eigenvalue weighted by atomic mass is 10.0.